The van der Waals surface area contributed by atoms with E-state index in [4.69, 9.17) is 0 Å². The molecule has 0 amide bonds. The lowest BCUT2D eigenvalue weighted by molar-refractivity contribution is 0.974. The Morgan fingerprint density at radius 3 is 2.62 bits per heavy atom. The lowest BCUT2D eigenvalue weighted by Crippen LogP contribution is -2.18. The Morgan fingerprint density at radius 1 is 1.06 bits per heavy atom. The highest BCUT2D eigenvalue weighted by atomic mass is 127. The van der Waals surface area contributed by atoms with E-state index in [1.54, 1.807) is 0 Å². The Kier molecular flexibility index (Phi) is 1.93. The number of aromatic amines is 3. The molecule has 0 radical (unpaired) electrons. The van der Waals surface area contributed by atoms with Crippen molar-refractivity contribution >= 4 is 44.4 Å². The van der Waals surface area contributed by atoms with Crippen LogP contribution in [0.4, 0.5) is 0 Å². The number of nitrogens with one attached hydrogen (secondary N) is 3. The normalized spacial score (nSPS) is 11.3. The van der Waals surface area contributed by atoms with Crippen LogP contribution >= 0.6 is 22.6 Å². The Balaban J connectivity index is 2.71. The van der Waals surface area contributed by atoms with Gasteiger partial charge in [0.05, 0.1) is 5.39 Å². The Hall–Kier alpha value is -1.57. The van der Waals surface area contributed by atoms with Gasteiger partial charge in [-0.1, -0.05) is 6.07 Å². The van der Waals surface area contributed by atoms with Crippen molar-refractivity contribution in [3.63, 3.8) is 0 Å². The Morgan fingerprint density at radius 2 is 1.81 bits per heavy atom. The average molecular weight is 327 g/mol. The van der Waals surface area contributed by atoms with Crippen LogP contribution in [0.2, 0.25) is 0 Å². The summed E-state index contributed by atoms with van der Waals surface area (Å²) in [6.07, 6.45) is 0. The van der Waals surface area contributed by atoms with Crippen LogP contribution < -0.4 is 11.1 Å². The first-order valence-electron chi connectivity index (χ1n) is 4.59. The molecule has 0 aliphatic carbocycles. The Bertz CT molecular complexity index is 812. The zero-order valence-corrected chi connectivity index (χ0v) is 10.1. The van der Waals surface area contributed by atoms with Crippen molar-refractivity contribution < 1.29 is 0 Å². The lowest BCUT2D eigenvalue weighted by atomic mass is 10.2. The van der Waals surface area contributed by atoms with Gasteiger partial charge in [-0.2, -0.15) is 0 Å². The summed E-state index contributed by atoms with van der Waals surface area (Å²) in [6.45, 7) is 0. The summed E-state index contributed by atoms with van der Waals surface area (Å²) in [7, 11) is 0. The topological polar surface area (TPSA) is 81.5 Å². The quantitative estimate of drug-likeness (QED) is 0.544. The third-order valence-electron chi connectivity index (χ3n) is 2.50. The summed E-state index contributed by atoms with van der Waals surface area (Å²) < 4.78 is 1.05. The van der Waals surface area contributed by atoms with Gasteiger partial charge in [0, 0.05) is 14.5 Å². The number of hydrogen-bond donors (Lipinski definition) is 3. The molecule has 0 saturated heterocycles. The molecular weight excluding hydrogens is 321 g/mol. The number of benzene rings is 1. The molecular formula is C10H6IN3O2. The van der Waals surface area contributed by atoms with E-state index in [0.717, 1.165) is 14.5 Å². The summed E-state index contributed by atoms with van der Waals surface area (Å²) >= 11 is 2.18. The standard InChI is InChI=1S/C10H6IN3O2/c11-4-1-2-5-6(3-4)12-8-7(5)9(15)13-14-10(8)16/h1-3,12H,(H,13,15)(H,14,16). The summed E-state index contributed by atoms with van der Waals surface area (Å²) in [4.78, 5) is 26.1. The molecule has 0 saturated carbocycles. The Labute approximate surface area is 102 Å². The number of halogens is 1. The maximum absolute atomic E-state index is 11.6. The largest absolute Gasteiger partial charge is 0.350 e. The highest BCUT2D eigenvalue weighted by Gasteiger charge is 2.10. The number of hydrogen-bond acceptors (Lipinski definition) is 2. The SMILES string of the molecule is O=c1[nH][nH]c(=O)c2c1[nH]c1cc(I)ccc12. The van der Waals surface area contributed by atoms with Crippen molar-refractivity contribution in [2.75, 3.05) is 0 Å². The van der Waals surface area contributed by atoms with Crippen LogP contribution in [-0.2, 0) is 0 Å². The average Bonchev–Trinajstić information content (AvgIpc) is 2.63. The van der Waals surface area contributed by atoms with Crippen molar-refractivity contribution in [1.82, 2.24) is 15.2 Å². The van der Waals surface area contributed by atoms with Crippen molar-refractivity contribution in [1.29, 1.82) is 0 Å². The number of fused-ring (bicyclic) bond motifs is 3. The molecule has 5 nitrogen and oxygen atoms in total. The molecule has 3 rings (SSSR count). The minimum Gasteiger partial charge on any atom is -0.350 e. The smallest absolute Gasteiger partial charge is 0.286 e. The van der Waals surface area contributed by atoms with E-state index in [2.05, 4.69) is 37.8 Å². The van der Waals surface area contributed by atoms with Crippen LogP contribution in [0.25, 0.3) is 21.8 Å². The molecule has 0 aliphatic heterocycles. The molecule has 0 unspecified atom stereocenters. The van der Waals surface area contributed by atoms with Gasteiger partial charge in [-0.3, -0.25) is 19.8 Å². The zero-order chi connectivity index (χ0) is 11.3. The van der Waals surface area contributed by atoms with Crippen LogP contribution in [0.1, 0.15) is 0 Å². The van der Waals surface area contributed by atoms with E-state index in [1.165, 1.54) is 0 Å². The van der Waals surface area contributed by atoms with Gasteiger partial charge >= 0.3 is 0 Å². The molecule has 1 aromatic carbocycles. The zero-order valence-electron chi connectivity index (χ0n) is 7.93. The molecule has 6 heteroatoms. The molecule has 80 valence electrons. The van der Waals surface area contributed by atoms with Gasteiger partial charge in [0.1, 0.15) is 5.52 Å². The molecule has 0 aliphatic rings. The van der Waals surface area contributed by atoms with Gasteiger partial charge in [0.25, 0.3) is 11.1 Å². The van der Waals surface area contributed by atoms with E-state index in [1.807, 2.05) is 18.2 Å². The first kappa shape index (κ1) is 9.64. The van der Waals surface area contributed by atoms with Crippen molar-refractivity contribution in [3.05, 3.63) is 42.5 Å². The summed E-state index contributed by atoms with van der Waals surface area (Å²) in [6, 6.07) is 5.64. The highest BCUT2D eigenvalue weighted by molar-refractivity contribution is 14.1. The van der Waals surface area contributed by atoms with Crippen LogP contribution in [0.3, 0.4) is 0 Å². The fourth-order valence-corrected chi connectivity index (χ4v) is 2.31. The third-order valence-corrected chi connectivity index (χ3v) is 3.18. The number of aromatic nitrogens is 3. The van der Waals surface area contributed by atoms with E-state index in [0.29, 0.717) is 10.9 Å². The van der Waals surface area contributed by atoms with Gasteiger partial charge in [0.15, 0.2) is 0 Å². The molecule has 3 aromatic rings. The van der Waals surface area contributed by atoms with Gasteiger partial charge < -0.3 is 4.98 Å². The monoisotopic (exact) mass is 327 g/mol. The second-order valence-corrected chi connectivity index (χ2v) is 4.72. The molecule has 0 spiro atoms. The second-order valence-electron chi connectivity index (χ2n) is 3.47. The number of H-pyrrole nitrogens is 3. The van der Waals surface area contributed by atoms with E-state index < -0.39 is 0 Å². The molecule has 0 fully saturated rings. The fourth-order valence-electron chi connectivity index (χ4n) is 1.81. The van der Waals surface area contributed by atoms with Crippen molar-refractivity contribution in [2.45, 2.75) is 0 Å². The first-order valence-corrected chi connectivity index (χ1v) is 5.66. The van der Waals surface area contributed by atoms with Crippen LogP contribution in [0.5, 0.6) is 0 Å². The molecule has 16 heavy (non-hydrogen) atoms. The predicted molar refractivity (Wildman–Crippen MR) is 69.8 cm³/mol. The van der Waals surface area contributed by atoms with E-state index in [-0.39, 0.29) is 11.1 Å². The van der Waals surface area contributed by atoms with Gasteiger partial charge in [-0.15, -0.1) is 0 Å². The predicted octanol–water partition coefficient (Wildman–Crippen LogP) is 1.30. The fraction of sp³-hybridized carbons (Fsp3) is 0. The molecule has 0 atom stereocenters. The minimum atomic E-state index is -0.319. The van der Waals surface area contributed by atoms with Crippen molar-refractivity contribution in [3.8, 4) is 0 Å². The summed E-state index contributed by atoms with van der Waals surface area (Å²) in [5.74, 6) is 0. The van der Waals surface area contributed by atoms with Crippen molar-refractivity contribution in [2.24, 2.45) is 0 Å². The van der Waals surface area contributed by atoms with Gasteiger partial charge in [0.2, 0.25) is 0 Å². The minimum absolute atomic E-state index is 0.290. The molecule has 3 N–H and O–H groups in total. The van der Waals surface area contributed by atoms with E-state index >= 15 is 0 Å². The van der Waals surface area contributed by atoms with Crippen LogP contribution in [0.15, 0.2) is 27.8 Å². The highest BCUT2D eigenvalue weighted by Crippen LogP contribution is 2.21. The first-order chi connectivity index (χ1) is 7.66. The maximum Gasteiger partial charge on any atom is 0.286 e. The van der Waals surface area contributed by atoms with Crippen LogP contribution in [0, 0.1) is 3.57 Å². The van der Waals surface area contributed by atoms with E-state index in [9.17, 15) is 9.59 Å². The second kappa shape index (κ2) is 3.21. The third kappa shape index (κ3) is 1.22. The lowest BCUT2D eigenvalue weighted by Gasteiger charge is -1.90. The maximum atomic E-state index is 11.6. The van der Waals surface area contributed by atoms with Crippen LogP contribution in [-0.4, -0.2) is 15.2 Å². The summed E-state index contributed by atoms with van der Waals surface area (Å²) in [5, 5.41) is 5.79. The van der Waals surface area contributed by atoms with Gasteiger partial charge in [-0.05, 0) is 34.7 Å². The molecule has 0 bridgehead atoms. The van der Waals surface area contributed by atoms with Gasteiger partial charge in [-0.25, -0.2) is 0 Å². The summed E-state index contributed by atoms with van der Waals surface area (Å²) in [5.41, 5.74) is 0.507. The number of rotatable bonds is 0. The molecule has 2 aromatic heterocycles. The molecule has 2 heterocycles.